The van der Waals surface area contributed by atoms with Crippen LogP contribution in [0.5, 0.6) is 0 Å². The van der Waals surface area contributed by atoms with E-state index in [1.54, 1.807) is 11.4 Å². The number of nitrogens with zero attached hydrogens (tertiary/aromatic N) is 1. The normalized spacial score (nSPS) is 15.5. The van der Waals surface area contributed by atoms with Gasteiger partial charge in [-0.2, -0.15) is 0 Å². The van der Waals surface area contributed by atoms with Crippen LogP contribution in [0.3, 0.4) is 0 Å². The molecule has 0 aliphatic carbocycles. The van der Waals surface area contributed by atoms with E-state index in [0.29, 0.717) is 42.6 Å². The number of carbonyl (C=O) groups is 2. The minimum atomic E-state index is -0.977. The number of nitrogens with two attached hydrogens (primary N) is 1. The van der Waals surface area contributed by atoms with E-state index in [4.69, 9.17) is 10.5 Å². The molecule has 146 valence electrons. The number of carbonyl (C=O) groups excluding carboxylic acids is 2. The van der Waals surface area contributed by atoms with Crippen molar-refractivity contribution < 1.29 is 18.7 Å². The maximum absolute atomic E-state index is 14.3. The molecule has 1 saturated heterocycles. The quantitative estimate of drug-likeness (QED) is 0.713. The van der Waals surface area contributed by atoms with Crippen molar-refractivity contribution in [3.63, 3.8) is 0 Å². The fourth-order valence-electron chi connectivity index (χ4n) is 2.64. The lowest BCUT2D eigenvalue weighted by atomic mass is 9.90. The van der Waals surface area contributed by atoms with Gasteiger partial charge in [-0.3, -0.25) is 9.59 Å². The van der Waals surface area contributed by atoms with E-state index in [1.165, 1.54) is 30.4 Å². The Morgan fingerprint density at radius 3 is 2.63 bits per heavy atom. The van der Waals surface area contributed by atoms with Gasteiger partial charge < -0.3 is 21.1 Å². The number of hydrogen-bond donors (Lipinski definition) is 3. The molecule has 1 fully saturated rings. The second kappa shape index (κ2) is 8.75. The van der Waals surface area contributed by atoms with Crippen LogP contribution in [0, 0.1) is 5.82 Å². The van der Waals surface area contributed by atoms with Gasteiger partial charge in [0.2, 0.25) is 11.8 Å². The van der Waals surface area contributed by atoms with Gasteiger partial charge in [0.05, 0.1) is 5.69 Å². The van der Waals surface area contributed by atoms with Gasteiger partial charge in [-0.1, -0.05) is 0 Å². The van der Waals surface area contributed by atoms with E-state index in [0.717, 1.165) is 0 Å². The lowest BCUT2D eigenvalue weighted by Gasteiger charge is -2.31. The van der Waals surface area contributed by atoms with E-state index >= 15 is 0 Å². The van der Waals surface area contributed by atoms with Crippen LogP contribution in [0.15, 0.2) is 23.6 Å². The minimum absolute atomic E-state index is 0. The highest BCUT2D eigenvalue weighted by Gasteiger charge is 2.36. The first-order chi connectivity index (χ1) is 12.4. The summed E-state index contributed by atoms with van der Waals surface area (Å²) in [4.78, 5) is 27.7. The van der Waals surface area contributed by atoms with E-state index in [2.05, 4.69) is 15.6 Å². The highest BCUT2D eigenvalue weighted by Crippen LogP contribution is 2.29. The summed E-state index contributed by atoms with van der Waals surface area (Å²) in [6, 6.07) is 4.35. The van der Waals surface area contributed by atoms with Gasteiger partial charge in [0.1, 0.15) is 11.4 Å². The van der Waals surface area contributed by atoms with Crippen LogP contribution >= 0.6 is 23.7 Å². The van der Waals surface area contributed by atoms with Crippen molar-refractivity contribution in [3.05, 3.63) is 29.4 Å². The van der Waals surface area contributed by atoms with Crippen molar-refractivity contribution in [2.24, 2.45) is 5.73 Å². The third kappa shape index (κ3) is 5.01. The number of hydrogen-bond acceptors (Lipinski definition) is 6. The average Bonchev–Trinajstić information content (AvgIpc) is 3.03. The predicted octanol–water partition coefficient (Wildman–Crippen LogP) is 2.78. The molecule has 0 unspecified atom stereocenters. The van der Waals surface area contributed by atoms with Crippen molar-refractivity contribution >= 4 is 46.4 Å². The molecule has 2 aromatic rings. The van der Waals surface area contributed by atoms with Crippen LogP contribution in [0.2, 0.25) is 0 Å². The lowest BCUT2D eigenvalue weighted by Crippen LogP contribution is -2.54. The minimum Gasteiger partial charge on any atom is -0.381 e. The molecule has 0 saturated carbocycles. The molecule has 0 atom stereocenters. The zero-order valence-corrected chi connectivity index (χ0v) is 16.2. The van der Waals surface area contributed by atoms with Crippen LogP contribution in [-0.4, -0.2) is 35.6 Å². The number of amides is 2. The smallest absolute Gasteiger partial charge is 0.246 e. The zero-order valence-electron chi connectivity index (χ0n) is 14.6. The van der Waals surface area contributed by atoms with Gasteiger partial charge in [-0.25, -0.2) is 9.37 Å². The van der Waals surface area contributed by atoms with Gasteiger partial charge in [0.15, 0.2) is 5.13 Å². The van der Waals surface area contributed by atoms with Crippen molar-refractivity contribution in [1.82, 2.24) is 4.98 Å². The van der Waals surface area contributed by atoms with Gasteiger partial charge >= 0.3 is 0 Å². The molecule has 10 heteroatoms. The summed E-state index contributed by atoms with van der Waals surface area (Å²) in [5, 5.41) is 7.23. The summed E-state index contributed by atoms with van der Waals surface area (Å²) >= 11 is 1.19. The fourth-order valence-corrected chi connectivity index (χ4v) is 3.35. The molecule has 0 radical (unpaired) electrons. The summed E-state index contributed by atoms with van der Waals surface area (Å²) in [5.74, 6) is -1.11. The van der Waals surface area contributed by atoms with Crippen LogP contribution in [0.4, 0.5) is 15.2 Å². The first kappa shape index (κ1) is 21.2. The molecular weight excluding hydrogens is 395 g/mol. The molecular formula is C17H20ClFN4O3S. The molecule has 27 heavy (non-hydrogen) atoms. The molecule has 4 N–H and O–H groups in total. The second-order valence-corrected chi connectivity index (χ2v) is 6.99. The zero-order chi connectivity index (χ0) is 18.7. The Kier molecular flexibility index (Phi) is 6.88. The Morgan fingerprint density at radius 2 is 2.00 bits per heavy atom. The van der Waals surface area contributed by atoms with E-state index in [1.807, 2.05) is 0 Å². The molecule has 2 heterocycles. The largest absolute Gasteiger partial charge is 0.381 e. The Hall–Kier alpha value is -2.07. The van der Waals surface area contributed by atoms with E-state index < -0.39 is 11.4 Å². The number of nitrogens with one attached hydrogen (secondary N) is 2. The number of halogens is 2. The van der Waals surface area contributed by atoms with Crippen LogP contribution in [-0.2, 0) is 14.3 Å². The van der Waals surface area contributed by atoms with Gasteiger partial charge in [-0.15, -0.1) is 23.7 Å². The van der Waals surface area contributed by atoms with Crippen LogP contribution in [0.25, 0.3) is 11.3 Å². The van der Waals surface area contributed by atoms with Gasteiger partial charge in [0, 0.05) is 36.8 Å². The lowest BCUT2D eigenvalue weighted by molar-refractivity contribution is -0.124. The summed E-state index contributed by atoms with van der Waals surface area (Å²) in [5.41, 5.74) is 6.21. The average molecular weight is 415 g/mol. The second-order valence-electron chi connectivity index (χ2n) is 6.14. The molecule has 1 aromatic carbocycles. The highest BCUT2D eigenvalue weighted by atomic mass is 35.5. The number of thiazole rings is 1. The molecule has 1 aliphatic heterocycles. The Bertz CT molecular complexity index is 839. The van der Waals surface area contributed by atoms with Crippen LogP contribution < -0.4 is 16.4 Å². The number of rotatable bonds is 4. The first-order valence-corrected chi connectivity index (χ1v) is 8.96. The van der Waals surface area contributed by atoms with E-state index in [-0.39, 0.29) is 29.8 Å². The summed E-state index contributed by atoms with van der Waals surface area (Å²) in [7, 11) is 0. The molecule has 0 bridgehead atoms. The predicted molar refractivity (Wildman–Crippen MR) is 105 cm³/mol. The maximum Gasteiger partial charge on any atom is 0.246 e. The maximum atomic E-state index is 14.3. The van der Waals surface area contributed by atoms with Crippen molar-refractivity contribution in [3.8, 4) is 11.3 Å². The Labute approximate surface area is 165 Å². The van der Waals surface area contributed by atoms with Crippen molar-refractivity contribution in [1.29, 1.82) is 0 Å². The topological polar surface area (TPSA) is 106 Å². The first-order valence-electron chi connectivity index (χ1n) is 8.08. The number of aromatic nitrogens is 1. The molecule has 7 nitrogen and oxygen atoms in total. The molecule has 1 aliphatic rings. The van der Waals surface area contributed by atoms with E-state index in [9.17, 15) is 14.0 Å². The summed E-state index contributed by atoms with van der Waals surface area (Å²) < 4.78 is 19.5. The van der Waals surface area contributed by atoms with Gasteiger partial charge in [-0.05, 0) is 31.0 Å². The third-order valence-corrected chi connectivity index (χ3v) is 4.89. The highest BCUT2D eigenvalue weighted by molar-refractivity contribution is 7.14. The molecule has 3 rings (SSSR count). The van der Waals surface area contributed by atoms with Crippen LogP contribution in [0.1, 0.15) is 19.8 Å². The molecule has 1 aromatic heterocycles. The SMILES string of the molecule is CC(=O)Nc1ccc(-c2csc(NC(=O)C3(N)CCOCC3)n2)c(F)c1.Cl. The van der Waals surface area contributed by atoms with Crippen molar-refractivity contribution in [2.45, 2.75) is 25.3 Å². The molecule has 0 spiro atoms. The fraction of sp³-hybridized carbons (Fsp3) is 0.353. The Morgan fingerprint density at radius 1 is 1.30 bits per heavy atom. The number of anilines is 2. The number of ether oxygens (including phenoxy) is 1. The third-order valence-electron chi connectivity index (χ3n) is 4.13. The Balaban J connectivity index is 0.00000261. The summed E-state index contributed by atoms with van der Waals surface area (Å²) in [6.07, 6.45) is 0.882. The molecule has 2 amide bonds. The summed E-state index contributed by atoms with van der Waals surface area (Å²) in [6.45, 7) is 2.24. The monoisotopic (exact) mass is 414 g/mol. The standard InChI is InChI=1S/C17H19FN4O3S.ClH/c1-10(23)20-11-2-3-12(13(18)8-11)14-9-26-16(21-14)22-15(24)17(19)4-6-25-7-5-17;/h2-3,8-9H,4-7,19H2,1H3,(H,20,23)(H,21,22,24);1H. The van der Waals surface area contributed by atoms with Gasteiger partial charge in [0.25, 0.3) is 0 Å². The van der Waals surface area contributed by atoms with Crippen molar-refractivity contribution in [2.75, 3.05) is 23.8 Å². The number of benzene rings is 1.